The number of hydrogen-bond acceptors (Lipinski definition) is 6. The number of hydroxylamine groups is 1. The number of amides is 2. The lowest BCUT2D eigenvalue weighted by atomic mass is 10.1. The summed E-state index contributed by atoms with van der Waals surface area (Å²) in [6.45, 7) is 5.08. The smallest absolute Gasteiger partial charge is 0.408 e. The van der Waals surface area contributed by atoms with Crippen LogP contribution in [0.25, 0.3) is 11.3 Å². The predicted octanol–water partition coefficient (Wildman–Crippen LogP) is 3.29. The van der Waals surface area contributed by atoms with Gasteiger partial charge in [-0.25, -0.2) is 9.78 Å². The molecule has 0 spiro atoms. The Morgan fingerprint density at radius 3 is 2.47 bits per heavy atom. The zero-order chi connectivity index (χ0) is 22.5. The van der Waals surface area contributed by atoms with Crippen molar-refractivity contribution in [2.45, 2.75) is 38.8 Å². The van der Waals surface area contributed by atoms with Gasteiger partial charge in [0.05, 0.1) is 19.2 Å². The lowest BCUT2D eigenvalue weighted by Crippen LogP contribution is -2.36. The highest BCUT2D eigenvalue weighted by Crippen LogP contribution is 2.30. The molecule has 0 aliphatic rings. The van der Waals surface area contributed by atoms with Gasteiger partial charge in [0.25, 0.3) is 0 Å². The number of halogens is 1. The zero-order valence-electron chi connectivity index (χ0n) is 16.9. The number of carboxylic acids is 1. The number of carbonyl (C=O) groups is 3. The van der Waals surface area contributed by atoms with Crippen molar-refractivity contribution in [2.24, 2.45) is 0 Å². The molecule has 2 aromatic rings. The minimum Gasteiger partial charge on any atom is -0.481 e. The van der Waals surface area contributed by atoms with E-state index in [0.29, 0.717) is 23.4 Å². The number of nitrogens with zero attached hydrogens (tertiary/aromatic N) is 2. The molecule has 0 radical (unpaired) electrons. The Balaban J connectivity index is 2.29. The molecule has 3 N–H and O–H groups in total. The van der Waals surface area contributed by atoms with E-state index in [2.05, 4.69) is 15.3 Å². The van der Waals surface area contributed by atoms with E-state index in [0.717, 1.165) is 5.06 Å². The number of nitrogens with one attached hydrogen (secondary N) is 2. The first kappa shape index (κ1) is 23.2. The van der Waals surface area contributed by atoms with Crippen LogP contribution in [0.1, 0.15) is 39.1 Å². The lowest BCUT2D eigenvalue weighted by Gasteiger charge is -2.22. The number of aromatic amines is 1. The number of imidazole rings is 1. The number of ether oxygens (including phenoxy) is 1. The quantitative estimate of drug-likeness (QED) is 0.425. The molecule has 0 saturated heterocycles. The molecular weight excluding hydrogens is 416 g/mol. The number of alkyl carbamates (subject to hydrolysis) is 1. The molecule has 162 valence electrons. The van der Waals surface area contributed by atoms with Crippen molar-refractivity contribution < 1.29 is 29.1 Å². The first-order valence-corrected chi connectivity index (χ1v) is 9.27. The average Bonchev–Trinajstić information content (AvgIpc) is 3.02. The Morgan fingerprint density at radius 2 is 1.97 bits per heavy atom. The van der Waals surface area contributed by atoms with Crippen LogP contribution in [0.15, 0.2) is 24.3 Å². The van der Waals surface area contributed by atoms with Gasteiger partial charge in [0, 0.05) is 5.56 Å². The first-order chi connectivity index (χ1) is 14.0. The number of rotatable bonds is 8. The molecule has 0 aliphatic heterocycles. The molecule has 0 aliphatic carbocycles. The van der Waals surface area contributed by atoms with E-state index >= 15 is 0 Å². The van der Waals surface area contributed by atoms with E-state index in [1.807, 2.05) is 0 Å². The molecule has 1 aromatic heterocycles. The van der Waals surface area contributed by atoms with Crippen LogP contribution < -0.4 is 10.4 Å². The van der Waals surface area contributed by atoms with Gasteiger partial charge < -0.3 is 20.1 Å². The van der Waals surface area contributed by atoms with Crippen molar-refractivity contribution >= 4 is 35.8 Å². The average molecular weight is 439 g/mol. The van der Waals surface area contributed by atoms with E-state index < -0.39 is 30.1 Å². The minimum absolute atomic E-state index is 0.165. The molecule has 1 heterocycles. The molecule has 0 fully saturated rings. The van der Waals surface area contributed by atoms with Gasteiger partial charge in [-0.1, -0.05) is 23.7 Å². The van der Waals surface area contributed by atoms with Crippen molar-refractivity contribution in [2.75, 3.05) is 12.2 Å². The summed E-state index contributed by atoms with van der Waals surface area (Å²) >= 11 is 6.26. The van der Waals surface area contributed by atoms with Gasteiger partial charge >= 0.3 is 12.1 Å². The van der Waals surface area contributed by atoms with E-state index in [-0.39, 0.29) is 11.0 Å². The molecule has 0 saturated carbocycles. The van der Waals surface area contributed by atoms with Crippen LogP contribution in [-0.2, 0) is 19.2 Å². The third-order valence-corrected chi connectivity index (χ3v) is 4.04. The van der Waals surface area contributed by atoms with Crippen LogP contribution in [0.5, 0.6) is 0 Å². The number of carboxylic acid groups (broad SMARTS) is 1. The number of hydrogen-bond donors (Lipinski definition) is 3. The first-order valence-electron chi connectivity index (χ1n) is 8.90. The molecule has 2 amide bonds. The van der Waals surface area contributed by atoms with Gasteiger partial charge in [-0.2, -0.15) is 5.06 Å². The number of benzene rings is 1. The summed E-state index contributed by atoms with van der Waals surface area (Å²) in [5, 5.41) is 12.9. The highest BCUT2D eigenvalue weighted by molar-refractivity contribution is 6.31. The fourth-order valence-electron chi connectivity index (χ4n) is 2.54. The standard InChI is InChI=1S/C19H23ClN4O6/c1-19(2,3)30-18(28)21-13(9-14(26)27)17-22-15(16(20)23-17)11-5-7-12(8-6-11)24(10-25)29-4/h5-8,10,13H,9H2,1-4H3,(H,21,28)(H,22,23)(H,26,27). The van der Waals surface area contributed by atoms with E-state index in [4.69, 9.17) is 21.2 Å². The number of aromatic nitrogens is 2. The molecule has 0 bridgehead atoms. The van der Waals surface area contributed by atoms with E-state index in [1.54, 1.807) is 45.0 Å². The number of carbonyl (C=O) groups excluding carboxylic acids is 2. The van der Waals surface area contributed by atoms with Crippen molar-refractivity contribution in [3.8, 4) is 11.3 Å². The van der Waals surface area contributed by atoms with Crippen LogP contribution in [0.2, 0.25) is 5.15 Å². The summed E-state index contributed by atoms with van der Waals surface area (Å²) in [7, 11) is 1.36. The molecular formula is C19H23ClN4O6. The van der Waals surface area contributed by atoms with Gasteiger partial charge in [0.1, 0.15) is 28.3 Å². The van der Waals surface area contributed by atoms with Gasteiger partial charge in [0.15, 0.2) is 0 Å². The number of aliphatic carboxylic acids is 1. The SMILES string of the molecule is CON(C=O)c1ccc(-c2nc(C(CC(=O)O)NC(=O)OC(C)(C)C)[nH]c2Cl)cc1. The lowest BCUT2D eigenvalue weighted by molar-refractivity contribution is -0.137. The minimum atomic E-state index is -1.14. The maximum Gasteiger partial charge on any atom is 0.408 e. The van der Waals surface area contributed by atoms with Crippen LogP contribution in [0.4, 0.5) is 10.5 Å². The van der Waals surface area contributed by atoms with Crippen molar-refractivity contribution in [3.63, 3.8) is 0 Å². The highest BCUT2D eigenvalue weighted by Gasteiger charge is 2.26. The molecule has 1 aromatic carbocycles. The summed E-state index contributed by atoms with van der Waals surface area (Å²) in [6, 6.07) is 5.62. The fourth-order valence-corrected chi connectivity index (χ4v) is 2.79. The Kier molecular flexibility index (Phi) is 7.41. The monoisotopic (exact) mass is 438 g/mol. The maximum absolute atomic E-state index is 12.1. The second-order valence-electron chi connectivity index (χ2n) is 7.24. The summed E-state index contributed by atoms with van der Waals surface area (Å²) in [5.41, 5.74) is 0.719. The Morgan fingerprint density at radius 1 is 1.33 bits per heavy atom. The summed E-state index contributed by atoms with van der Waals surface area (Å²) < 4.78 is 5.19. The number of anilines is 1. The van der Waals surface area contributed by atoms with E-state index in [9.17, 15) is 19.5 Å². The number of H-pyrrole nitrogens is 1. The van der Waals surface area contributed by atoms with Gasteiger partial charge in [-0.3, -0.25) is 14.4 Å². The third-order valence-electron chi connectivity index (χ3n) is 3.77. The highest BCUT2D eigenvalue weighted by atomic mass is 35.5. The second kappa shape index (κ2) is 9.59. The zero-order valence-corrected chi connectivity index (χ0v) is 17.7. The largest absolute Gasteiger partial charge is 0.481 e. The van der Waals surface area contributed by atoms with Crippen LogP contribution >= 0.6 is 11.6 Å². The van der Waals surface area contributed by atoms with Gasteiger partial charge in [0.2, 0.25) is 6.41 Å². The van der Waals surface area contributed by atoms with E-state index in [1.165, 1.54) is 7.11 Å². The summed E-state index contributed by atoms with van der Waals surface area (Å²) in [5.74, 6) is -0.971. The molecule has 11 heteroatoms. The fraction of sp³-hybridized carbons (Fsp3) is 0.368. The molecule has 2 rings (SSSR count). The summed E-state index contributed by atoms with van der Waals surface area (Å²) in [4.78, 5) is 46.4. The molecule has 1 unspecified atom stereocenters. The Bertz CT molecular complexity index is 907. The summed E-state index contributed by atoms with van der Waals surface area (Å²) in [6.07, 6.45) is -0.683. The molecule has 10 nitrogen and oxygen atoms in total. The third kappa shape index (κ3) is 6.19. The predicted molar refractivity (Wildman–Crippen MR) is 109 cm³/mol. The Hall–Kier alpha value is -3.11. The maximum atomic E-state index is 12.1. The molecule has 1 atom stereocenters. The van der Waals surface area contributed by atoms with Crippen LogP contribution in [0, 0.1) is 0 Å². The van der Waals surface area contributed by atoms with Crippen molar-refractivity contribution in [1.82, 2.24) is 15.3 Å². The van der Waals surface area contributed by atoms with Gasteiger partial charge in [-0.05, 0) is 32.9 Å². The van der Waals surface area contributed by atoms with Crippen molar-refractivity contribution in [3.05, 3.63) is 35.2 Å². The topological polar surface area (TPSA) is 134 Å². The van der Waals surface area contributed by atoms with Crippen LogP contribution in [-0.4, -0.2) is 46.3 Å². The second-order valence-corrected chi connectivity index (χ2v) is 7.62. The Labute approximate surface area is 178 Å². The normalized spacial score (nSPS) is 12.2. The van der Waals surface area contributed by atoms with Crippen LogP contribution in [0.3, 0.4) is 0 Å². The van der Waals surface area contributed by atoms with Gasteiger partial charge in [-0.15, -0.1) is 0 Å². The molecule has 30 heavy (non-hydrogen) atoms. The van der Waals surface area contributed by atoms with Crippen molar-refractivity contribution in [1.29, 1.82) is 0 Å².